The summed E-state index contributed by atoms with van der Waals surface area (Å²) in [5.74, 6) is -3.59. The molecule has 2 atom stereocenters. The van der Waals surface area contributed by atoms with Gasteiger partial charge in [-0.2, -0.15) is 5.26 Å². The van der Waals surface area contributed by atoms with Crippen LogP contribution < -0.4 is 16.4 Å². The summed E-state index contributed by atoms with van der Waals surface area (Å²) in [4.78, 5) is 5.59. The first-order valence-electron chi connectivity index (χ1n) is 6.01. The van der Waals surface area contributed by atoms with Gasteiger partial charge in [-0.05, 0) is 6.07 Å². The van der Waals surface area contributed by atoms with Gasteiger partial charge < -0.3 is 16.4 Å². The van der Waals surface area contributed by atoms with Gasteiger partial charge in [0.1, 0.15) is 17.7 Å². The number of hydrogen-bond donors (Lipinski definition) is 2. The first-order valence-corrected chi connectivity index (χ1v) is 6.39. The largest absolute Gasteiger partial charge is 0.382 e. The quantitative estimate of drug-likeness (QED) is 0.822. The summed E-state index contributed by atoms with van der Waals surface area (Å²) in [6.07, 6.45) is 0. The Balaban J connectivity index is 2.39. The number of halogens is 3. The lowest BCUT2D eigenvalue weighted by atomic mass is 9.91. The van der Waals surface area contributed by atoms with E-state index in [1.165, 1.54) is 13.0 Å². The molecular formula is C12H14ClF2N5. The number of nitriles is 1. The van der Waals surface area contributed by atoms with Gasteiger partial charge in [-0.3, -0.25) is 0 Å². The number of aromatic nitrogens is 1. The summed E-state index contributed by atoms with van der Waals surface area (Å²) >= 11 is 5.80. The van der Waals surface area contributed by atoms with Crippen LogP contribution in [-0.2, 0) is 0 Å². The molecule has 1 aromatic heterocycles. The monoisotopic (exact) mass is 301 g/mol. The van der Waals surface area contributed by atoms with Crippen molar-refractivity contribution in [2.75, 3.05) is 23.7 Å². The van der Waals surface area contributed by atoms with Crippen LogP contribution in [-0.4, -0.2) is 30.0 Å². The summed E-state index contributed by atoms with van der Waals surface area (Å²) in [5.41, 5.74) is 11.3. The molecule has 8 heteroatoms. The van der Waals surface area contributed by atoms with Crippen molar-refractivity contribution in [1.29, 1.82) is 5.26 Å². The number of nitrogens with zero attached hydrogens (tertiary/aromatic N) is 3. The van der Waals surface area contributed by atoms with Gasteiger partial charge in [0.05, 0.1) is 16.6 Å². The highest BCUT2D eigenvalue weighted by atomic mass is 35.5. The van der Waals surface area contributed by atoms with Crippen LogP contribution in [0.2, 0.25) is 5.02 Å². The van der Waals surface area contributed by atoms with E-state index in [0.717, 1.165) is 0 Å². The topological polar surface area (TPSA) is 92.0 Å². The van der Waals surface area contributed by atoms with Gasteiger partial charge in [0.2, 0.25) is 0 Å². The third-order valence-electron chi connectivity index (χ3n) is 3.47. The molecule has 0 aliphatic carbocycles. The van der Waals surface area contributed by atoms with Crippen LogP contribution >= 0.6 is 11.6 Å². The predicted octanol–water partition coefficient (Wildman–Crippen LogP) is 1.61. The highest BCUT2D eigenvalue weighted by molar-refractivity contribution is 6.32. The minimum absolute atomic E-state index is 0.0451. The van der Waals surface area contributed by atoms with Crippen LogP contribution in [0.3, 0.4) is 0 Å². The van der Waals surface area contributed by atoms with Crippen LogP contribution in [0.25, 0.3) is 0 Å². The maximum absolute atomic E-state index is 13.7. The van der Waals surface area contributed by atoms with Crippen molar-refractivity contribution in [3.63, 3.8) is 0 Å². The summed E-state index contributed by atoms with van der Waals surface area (Å²) in [7, 11) is 0. The van der Waals surface area contributed by atoms with Crippen molar-refractivity contribution in [1.82, 2.24) is 4.98 Å². The molecular weight excluding hydrogens is 288 g/mol. The third-order valence-corrected chi connectivity index (χ3v) is 3.77. The fourth-order valence-corrected chi connectivity index (χ4v) is 2.39. The van der Waals surface area contributed by atoms with Gasteiger partial charge in [-0.15, -0.1) is 0 Å². The number of hydrogen-bond acceptors (Lipinski definition) is 5. The van der Waals surface area contributed by atoms with Crippen LogP contribution in [0.15, 0.2) is 6.07 Å². The lowest BCUT2D eigenvalue weighted by Gasteiger charge is -2.41. The summed E-state index contributed by atoms with van der Waals surface area (Å²) in [5, 5.41) is 9.26. The van der Waals surface area contributed by atoms with Crippen LogP contribution in [0, 0.1) is 17.2 Å². The Bertz CT molecular complexity index is 558. The first kappa shape index (κ1) is 14.8. The van der Waals surface area contributed by atoms with Crippen LogP contribution in [0.5, 0.6) is 0 Å². The third kappa shape index (κ3) is 2.37. The van der Waals surface area contributed by atoms with E-state index in [1.54, 1.807) is 4.90 Å². The second kappa shape index (κ2) is 5.04. The summed E-state index contributed by atoms with van der Waals surface area (Å²) < 4.78 is 27.4. The van der Waals surface area contributed by atoms with Crippen molar-refractivity contribution >= 4 is 23.2 Å². The zero-order valence-corrected chi connectivity index (χ0v) is 11.5. The zero-order chi connectivity index (χ0) is 15.1. The van der Waals surface area contributed by atoms with Crippen molar-refractivity contribution < 1.29 is 8.78 Å². The highest BCUT2D eigenvalue weighted by Crippen LogP contribution is 2.35. The number of piperidine rings is 1. The van der Waals surface area contributed by atoms with Crippen molar-refractivity contribution in [3.8, 4) is 6.07 Å². The predicted molar refractivity (Wildman–Crippen MR) is 72.7 cm³/mol. The molecule has 1 aromatic rings. The Hall–Kier alpha value is -1.65. The Morgan fingerprint density at radius 3 is 2.75 bits per heavy atom. The lowest BCUT2D eigenvalue weighted by Crippen LogP contribution is -2.60. The molecule has 0 amide bonds. The van der Waals surface area contributed by atoms with E-state index in [0.29, 0.717) is 0 Å². The van der Waals surface area contributed by atoms with Crippen molar-refractivity contribution in [2.24, 2.45) is 11.7 Å². The fraction of sp³-hybridized carbons (Fsp3) is 0.500. The van der Waals surface area contributed by atoms with E-state index in [1.807, 2.05) is 6.07 Å². The van der Waals surface area contributed by atoms with Gasteiger partial charge in [-0.25, -0.2) is 13.8 Å². The van der Waals surface area contributed by atoms with E-state index in [-0.39, 0.29) is 35.3 Å². The number of nitrogen functional groups attached to an aromatic ring is 1. The molecule has 1 aliphatic heterocycles. The average Bonchev–Trinajstić information content (AvgIpc) is 2.38. The molecule has 1 fully saturated rings. The molecule has 1 aliphatic rings. The Morgan fingerprint density at radius 2 is 2.20 bits per heavy atom. The first-order chi connectivity index (χ1) is 9.27. The molecule has 0 saturated carbocycles. The normalized spacial score (nSPS) is 25.3. The minimum atomic E-state index is -2.94. The van der Waals surface area contributed by atoms with E-state index in [9.17, 15) is 8.78 Å². The van der Waals surface area contributed by atoms with Gasteiger partial charge in [0.15, 0.2) is 0 Å². The smallest absolute Gasteiger partial charge is 0.268 e. The van der Waals surface area contributed by atoms with Crippen molar-refractivity contribution in [2.45, 2.75) is 18.9 Å². The Morgan fingerprint density at radius 1 is 1.55 bits per heavy atom. The Kier molecular flexibility index (Phi) is 3.71. The Labute approximate surface area is 120 Å². The fourth-order valence-electron chi connectivity index (χ4n) is 2.24. The number of pyridine rings is 1. The number of anilines is 2. The van der Waals surface area contributed by atoms with E-state index >= 15 is 0 Å². The van der Waals surface area contributed by atoms with Gasteiger partial charge in [0.25, 0.3) is 5.92 Å². The average molecular weight is 302 g/mol. The van der Waals surface area contributed by atoms with Gasteiger partial charge >= 0.3 is 0 Å². The molecule has 0 spiro atoms. The second-order valence-corrected chi connectivity index (χ2v) is 5.33. The standard InChI is InChI=1S/C12H14ClF2N5/c1-6-4-20(5-9(17)12(6,14)15)11-7(3-16)2-8(13)10(18)19-11/h2,6,9H,4-5,17H2,1H3,(H2,18,19)/t6-,9+/m0/s1. The summed E-state index contributed by atoms with van der Waals surface area (Å²) in [6.45, 7) is 1.36. The van der Waals surface area contributed by atoms with Gasteiger partial charge in [0, 0.05) is 19.0 Å². The zero-order valence-electron chi connectivity index (χ0n) is 10.8. The molecule has 4 N–H and O–H groups in total. The van der Waals surface area contributed by atoms with E-state index in [4.69, 9.17) is 28.3 Å². The molecule has 2 rings (SSSR count). The second-order valence-electron chi connectivity index (χ2n) is 4.93. The molecule has 0 bridgehead atoms. The molecule has 20 heavy (non-hydrogen) atoms. The number of nitrogens with two attached hydrogens (primary N) is 2. The molecule has 0 radical (unpaired) electrons. The maximum atomic E-state index is 13.7. The molecule has 0 unspecified atom stereocenters. The van der Waals surface area contributed by atoms with Crippen LogP contribution in [0.1, 0.15) is 12.5 Å². The molecule has 1 saturated heterocycles. The maximum Gasteiger partial charge on any atom is 0.268 e. The van der Waals surface area contributed by atoms with Crippen LogP contribution in [0.4, 0.5) is 20.4 Å². The van der Waals surface area contributed by atoms with Gasteiger partial charge in [-0.1, -0.05) is 18.5 Å². The molecule has 2 heterocycles. The molecule has 108 valence electrons. The molecule has 0 aromatic carbocycles. The summed E-state index contributed by atoms with van der Waals surface area (Å²) in [6, 6.07) is 1.99. The lowest BCUT2D eigenvalue weighted by molar-refractivity contribution is -0.0807. The van der Waals surface area contributed by atoms with Crippen molar-refractivity contribution in [3.05, 3.63) is 16.7 Å². The van der Waals surface area contributed by atoms with E-state index < -0.39 is 17.9 Å². The number of rotatable bonds is 1. The molecule has 5 nitrogen and oxygen atoms in total. The SMILES string of the molecule is C[C@H]1CN(c2nc(N)c(Cl)cc2C#N)C[C@@H](N)C1(F)F. The number of alkyl halides is 2. The minimum Gasteiger partial charge on any atom is -0.382 e. The highest BCUT2D eigenvalue weighted by Gasteiger charge is 2.48. The van der Waals surface area contributed by atoms with E-state index in [2.05, 4.69) is 4.98 Å².